The molecule has 0 radical (unpaired) electrons. The summed E-state index contributed by atoms with van der Waals surface area (Å²) in [4.78, 5) is 4.36. The van der Waals surface area contributed by atoms with E-state index in [1.54, 1.807) is 56.3 Å². The fourth-order valence-corrected chi connectivity index (χ4v) is 4.23. The molecule has 0 fully saturated rings. The first-order valence-electron chi connectivity index (χ1n) is 7.81. The molecule has 0 aliphatic carbocycles. The maximum Gasteiger partial charge on any atom is 0.279 e. The van der Waals surface area contributed by atoms with Crippen LogP contribution in [0.1, 0.15) is 11.3 Å². The fraction of sp³-hybridized carbons (Fsp3) is 0.105. The van der Waals surface area contributed by atoms with E-state index in [9.17, 15) is 12.8 Å². The first-order chi connectivity index (χ1) is 12.3. The van der Waals surface area contributed by atoms with Crippen LogP contribution in [0.25, 0.3) is 11.1 Å². The molecular formula is C19H16ClFN2O2S. The number of rotatable bonds is 4. The number of aromatic nitrogens is 1. The van der Waals surface area contributed by atoms with Crippen LogP contribution in [0.2, 0.25) is 0 Å². The highest BCUT2D eigenvalue weighted by atomic mass is 35.5. The Kier molecular flexibility index (Phi) is 4.98. The lowest BCUT2D eigenvalue weighted by atomic mass is 10.0. The van der Waals surface area contributed by atoms with Crippen molar-refractivity contribution in [3.63, 3.8) is 0 Å². The first-order valence-corrected chi connectivity index (χ1v) is 9.59. The fourth-order valence-electron chi connectivity index (χ4n) is 2.67. The lowest BCUT2D eigenvalue weighted by molar-refractivity contribution is 0.597. The van der Waals surface area contributed by atoms with Crippen LogP contribution in [0, 0.1) is 19.7 Å². The summed E-state index contributed by atoms with van der Waals surface area (Å²) in [7, 11) is -3.96. The van der Waals surface area contributed by atoms with E-state index in [-0.39, 0.29) is 16.5 Å². The van der Waals surface area contributed by atoms with Gasteiger partial charge in [-0.1, -0.05) is 36.4 Å². The van der Waals surface area contributed by atoms with Gasteiger partial charge in [0.05, 0.1) is 4.90 Å². The van der Waals surface area contributed by atoms with Crippen molar-refractivity contribution in [2.45, 2.75) is 18.7 Å². The standard InChI is InChI=1S/C19H16ClFN2O2S/c1-13-7-3-6-10-18(13)26(24,25)23(20)19-12-11-15(14(2)22-19)16-8-4-5-9-17(16)21/h3-12H,1-2H3. The molecule has 1 aromatic heterocycles. The average molecular weight is 391 g/mol. The van der Waals surface area contributed by atoms with Gasteiger partial charge in [0, 0.05) is 28.6 Å². The maximum absolute atomic E-state index is 14.0. The zero-order valence-corrected chi connectivity index (χ0v) is 15.7. The van der Waals surface area contributed by atoms with Crippen LogP contribution >= 0.6 is 11.8 Å². The Balaban J connectivity index is 2.02. The largest absolute Gasteiger partial charge is 0.279 e. The highest BCUT2D eigenvalue weighted by molar-refractivity contribution is 7.94. The monoisotopic (exact) mass is 390 g/mol. The van der Waals surface area contributed by atoms with E-state index in [4.69, 9.17) is 11.8 Å². The molecule has 3 rings (SSSR count). The lowest BCUT2D eigenvalue weighted by Crippen LogP contribution is -2.23. The maximum atomic E-state index is 14.0. The molecule has 0 atom stereocenters. The Labute approximate surface area is 157 Å². The van der Waals surface area contributed by atoms with Gasteiger partial charge in [0.25, 0.3) is 10.0 Å². The number of halogens is 2. The van der Waals surface area contributed by atoms with Gasteiger partial charge in [-0.2, -0.15) is 12.2 Å². The molecule has 7 heteroatoms. The number of hydrogen-bond acceptors (Lipinski definition) is 3. The molecule has 134 valence electrons. The van der Waals surface area contributed by atoms with Gasteiger partial charge in [-0.3, -0.25) is 0 Å². The van der Waals surface area contributed by atoms with E-state index < -0.39 is 10.0 Å². The van der Waals surface area contributed by atoms with Crippen LogP contribution in [-0.4, -0.2) is 13.4 Å². The molecule has 0 aliphatic rings. The summed E-state index contributed by atoms with van der Waals surface area (Å²) < 4.78 is 40.2. The van der Waals surface area contributed by atoms with Crippen LogP contribution in [0.3, 0.4) is 0 Å². The third kappa shape index (κ3) is 3.30. The summed E-state index contributed by atoms with van der Waals surface area (Å²) in [5.41, 5.74) is 2.02. The quantitative estimate of drug-likeness (QED) is 0.598. The Bertz CT molecular complexity index is 1070. The van der Waals surface area contributed by atoms with Crippen LogP contribution in [0.15, 0.2) is 65.6 Å². The van der Waals surface area contributed by atoms with Crippen molar-refractivity contribution in [2.75, 3.05) is 3.82 Å². The summed E-state index contributed by atoms with van der Waals surface area (Å²) in [6.07, 6.45) is 0. The zero-order valence-electron chi connectivity index (χ0n) is 14.1. The molecule has 0 saturated carbocycles. The molecule has 0 saturated heterocycles. The van der Waals surface area contributed by atoms with Crippen molar-refractivity contribution >= 4 is 27.6 Å². The second-order valence-electron chi connectivity index (χ2n) is 5.77. The SMILES string of the molecule is Cc1ccccc1S(=O)(=O)N(Cl)c1ccc(-c2ccccc2F)c(C)n1. The number of benzene rings is 2. The molecule has 0 bridgehead atoms. The van der Waals surface area contributed by atoms with Crippen LogP contribution in [0.4, 0.5) is 10.2 Å². The highest BCUT2D eigenvalue weighted by Crippen LogP contribution is 2.30. The Morgan fingerprint density at radius 1 is 0.923 bits per heavy atom. The van der Waals surface area contributed by atoms with E-state index in [1.807, 2.05) is 0 Å². The smallest absolute Gasteiger partial charge is 0.233 e. The number of nitrogens with zero attached hydrogens (tertiary/aromatic N) is 2. The first kappa shape index (κ1) is 18.4. The van der Waals surface area contributed by atoms with E-state index in [0.717, 1.165) is 0 Å². The number of aryl methyl sites for hydroxylation is 2. The molecule has 0 amide bonds. The highest BCUT2D eigenvalue weighted by Gasteiger charge is 2.26. The molecule has 0 aliphatic heterocycles. The third-order valence-corrected chi connectivity index (χ3v) is 6.34. The molecule has 0 spiro atoms. The molecule has 3 aromatic rings. The number of pyridine rings is 1. The summed E-state index contributed by atoms with van der Waals surface area (Å²) in [6, 6.07) is 16.0. The predicted molar refractivity (Wildman–Crippen MR) is 101 cm³/mol. The van der Waals surface area contributed by atoms with Gasteiger partial charge in [0.2, 0.25) is 0 Å². The molecule has 2 aromatic carbocycles. The van der Waals surface area contributed by atoms with E-state index in [1.165, 1.54) is 18.2 Å². The van der Waals surface area contributed by atoms with Gasteiger partial charge in [-0.05, 0) is 43.7 Å². The zero-order chi connectivity index (χ0) is 18.9. The number of anilines is 1. The Morgan fingerprint density at radius 2 is 1.58 bits per heavy atom. The van der Waals surface area contributed by atoms with Crippen molar-refractivity contribution in [1.29, 1.82) is 0 Å². The predicted octanol–water partition coefficient (Wildman–Crippen LogP) is 4.85. The molecule has 0 N–H and O–H groups in total. The van der Waals surface area contributed by atoms with Crippen LogP contribution < -0.4 is 3.82 Å². The minimum Gasteiger partial charge on any atom is -0.233 e. The van der Waals surface area contributed by atoms with E-state index >= 15 is 0 Å². The minimum atomic E-state index is -3.96. The lowest BCUT2D eigenvalue weighted by Gasteiger charge is -2.18. The third-order valence-electron chi connectivity index (χ3n) is 4.00. The van der Waals surface area contributed by atoms with Gasteiger partial charge < -0.3 is 0 Å². The van der Waals surface area contributed by atoms with E-state index in [0.29, 0.717) is 26.2 Å². The Morgan fingerprint density at radius 3 is 2.23 bits per heavy atom. The molecule has 1 heterocycles. The summed E-state index contributed by atoms with van der Waals surface area (Å²) >= 11 is 6.11. The minimum absolute atomic E-state index is 0.0486. The molecule has 0 unspecified atom stereocenters. The van der Waals surface area contributed by atoms with Gasteiger partial charge in [-0.25, -0.2) is 9.37 Å². The van der Waals surface area contributed by atoms with Crippen LogP contribution in [0.5, 0.6) is 0 Å². The molecular weight excluding hydrogens is 375 g/mol. The average Bonchev–Trinajstić information content (AvgIpc) is 2.62. The number of sulfonamides is 1. The van der Waals surface area contributed by atoms with Gasteiger partial charge in [-0.15, -0.1) is 0 Å². The summed E-state index contributed by atoms with van der Waals surface area (Å²) in [5.74, 6) is -0.326. The van der Waals surface area contributed by atoms with Gasteiger partial charge >= 0.3 is 0 Å². The van der Waals surface area contributed by atoms with Gasteiger partial charge in [0.15, 0.2) is 5.82 Å². The van der Waals surface area contributed by atoms with Crippen LogP contribution in [-0.2, 0) is 10.0 Å². The van der Waals surface area contributed by atoms with Crippen molar-refractivity contribution < 1.29 is 12.8 Å². The van der Waals surface area contributed by atoms with Crippen molar-refractivity contribution in [1.82, 2.24) is 4.98 Å². The molecule has 26 heavy (non-hydrogen) atoms. The van der Waals surface area contributed by atoms with E-state index in [2.05, 4.69) is 4.98 Å². The van der Waals surface area contributed by atoms with Gasteiger partial charge in [0.1, 0.15) is 5.82 Å². The van der Waals surface area contributed by atoms with Crippen molar-refractivity contribution in [2.24, 2.45) is 0 Å². The van der Waals surface area contributed by atoms with Crippen molar-refractivity contribution in [3.8, 4) is 11.1 Å². The normalized spacial score (nSPS) is 11.4. The second kappa shape index (κ2) is 7.05. The summed E-state index contributed by atoms with van der Waals surface area (Å²) in [5, 5.41) is 0. The van der Waals surface area contributed by atoms with Crippen molar-refractivity contribution in [3.05, 3.63) is 77.7 Å². The number of hydrogen-bond donors (Lipinski definition) is 0. The second-order valence-corrected chi connectivity index (χ2v) is 8.06. The molecule has 4 nitrogen and oxygen atoms in total. The topological polar surface area (TPSA) is 50.3 Å². The summed E-state index contributed by atoms with van der Waals surface area (Å²) in [6.45, 7) is 3.37. The Hall–Kier alpha value is -2.44.